The van der Waals surface area contributed by atoms with E-state index in [9.17, 15) is 4.79 Å². The molecule has 0 saturated heterocycles. The number of nitrogen functional groups attached to an aromatic ring is 1. The Balaban J connectivity index is 1.86. The smallest absolute Gasteiger partial charge is 0.251 e. The summed E-state index contributed by atoms with van der Waals surface area (Å²) in [5, 5.41) is 0. The van der Waals surface area contributed by atoms with Crippen molar-refractivity contribution in [3.63, 3.8) is 0 Å². The number of fused-ring (bicyclic) bond motifs is 1. The Morgan fingerprint density at radius 1 is 1.18 bits per heavy atom. The van der Waals surface area contributed by atoms with Crippen LogP contribution in [0.25, 0.3) is 6.08 Å². The third kappa shape index (κ3) is 3.06. The van der Waals surface area contributed by atoms with E-state index in [0.29, 0.717) is 18.8 Å². The Labute approximate surface area is 129 Å². The predicted octanol–water partition coefficient (Wildman–Crippen LogP) is 2.75. The molecule has 0 aromatic heterocycles. The maximum atomic E-state index is 12.5. The Bertz CT molecular complexity index is 735. The number of amides is 1. The number of nitrogens with two attached hydrogens (primary N) is 1. The van der Waals surface area contributed by atoms with Crippen molar-refractivity contribution in [2.45, 2.75) is 0 Å². The van der Waals surface area contributed by atoms with E-state index in [1.807, 2.05) is 48.5 Å². The minimum absolute atomic E-state index is 0.0552. The van der Waals surface area contributed by atoms with Gasteiger partial charge >= 0.3 is 0 Å². The molecule has 2 aromatic carbocycles. The summed E-state index contributed by atoms with van der Waals surface area (Å²) in [5.41, 5.74) is 9.20. The van der Waals surface area contributed by atoms with E-state index >= 15 is 0 Å². The van der Waals surface area contributed by atoms with Crippen molar-refractivity contribution < 1.29 is 4.79 Å². The van der Waals surface area contributed by atoms with E-state index < -0.39 is 0 Å². The molecule has 0 spiro atoms. The van der Waals surface area contributed by atoms with E-state index in [1.54, 1.807) is 23.3 Å². The molecule has 0 radical (unpaired) electrons. The molecule has 1 aliphatic rings. The van der Waals surface area contributed by atoms with Gasteiger partial charge in [-0.25, -0.2) is 0 Å². The maximum Gasteiger partial charge on any atom is 0.251 e. The van der Waals surface area contributed by atoms with Gasteiger partial charge in [-0.1, -0.05) is 30.3 Å². The van der Waals surface area contributed by atoms with Crippen LogP contribution in [0.5, 0.6) is 0 Å². The topological polar surface area (TPSA) is 58.7 Å². The van der Waals surface area contributed by atoms with Crippen molar-refractivity contribution in [2.24, 2.45) is 4.99 Å². The second-order valence-electron chi connectivity index (χ2n) is 5.09. The van der Waals surface area contributed by atoms with Crippen LogP contribution in [0.2, 0.25) is 0 Å². The molecule has 3 rings (SSSR count). The van der Waals surface area contributed by atoms with E-state index in [4.69, 9.17) is 5.73 Å². The first-order valence-corrected chi connectivity index (χ1v) is 7.18. The molecule has 4 heteroatoms. The predicted molar refractivity (Wildman–Crippen MR) is 91.1 cm³/mol. The highest BCUT2D eigenvalue weighted by molar-refractivity contribution is 6.07. The molecule has 1 aliphatic heterocycles. The molecule has 2 N–H and O–H groups in total. The molecular formula is C18H17N3O. The Kier molecular flexibility index (Phi) is 4.01. The van der Waals surface area contributed by atoms with Gasteiger partial charge < -0.3 is 10.6 Å². The zero-order valence-electron chi connectivity index (χ0n) is 12.1. The normalized spacial score (nSPS) is 13.9. The highest BCUT2D eigenvalue weighted by Gasteiger charge is 2.17. The second kappa shape index (κ2) is 6.26. The minimum Gasteiger partial charge on any atom is -0.399 e. The minimum atomic E-state index is -0.0552. The summed E-state index contributed by atoms with van der Waals surface area (Å²) in [4.78, 5) is 18.6. The summed E-state index contributed by atoms with van der Waals surface area (Å²) in [6.07, 6.45) is 5.20. The van der Waals surface area contributed by atoms with Gasteiger partial charge in [0.15, 0.2) is 0 Å². The molecule has 1 heterocycles. The maximum absolute atomic E-state index is 12.5. The van der Waals surface area contributed by atoms with Crippen molar-refractivity contribution >= 4 is 29.6 Å². The molecule has 1 amide bonds. The van der Waals surface area contributed by atoms with E-state index in [1.165, 1.54) is 0 Å². The van der Waals surface area contributed by atoms with Crippen LogP contribution in [0.1, 0.15) is 11.1 Å². The lowest BCUT2D eigenvalue weighted by Crippen LogP contribution is -2.31. The van der Waals surface area contributed by atoms with Crippen LogP contribution in [0.4, 0.5) is 11.4 Å². The summed E-state index contributed by atoms with van der Waals surface area (Å²) >= 11 is 0. The zero-order valence-corrected chi connectivity index (χ0v) is 12.1. The molecular weight excluding hydrogens is 274 g/mol. The number of nitrogens with zero attached hydrogens (tertiary/aromatic N) is 2. The lowest BCUT2D eigenvalue weighted by molar-refractivity contribution is -0.114. The quantitative estimate of drug-likeness (QED) is 0.683. The van der Waals surface area contributed by atoms with Crippen molar-refractivity contribution in [1.29, 1.82) is 0 Å². The molecule has 0 bridgehead atoms. The molecule has 0 fully saturated rings. The summed E-state index contributed by atoms with van der Waals surface area (Å²) < 4.78 is 0. The van der Waals surface area contributed by atoms with Crippen LogP contribution in [-0.2, 0) is 4.79 Å². The number of hydrogen-bond donors (Lipinski definition) is 1. The van der Waals surface area contributed by atoms with E-state index in [-0.39, 0.29) is 5.91 Å². The molecule has 0 saturated carbocycles. The number of carbonyl (C=O) groups is 1. The van der Waals surface area contributed by atoms with Gasteiger partial charge in [-0.05, 0) is 29.8 Å². The van der Waals surface area contributed by atoms with E-state index in [0.717, 1.165) is 16.8 Å². The Hall–Kier alpha value is -2.88. The largest absolute Gasteiger partial charge is 0.399 e. The highest BCUT2D eigenvalue weighted by atomic mass is 16.2. The van der Waals surface area contributed by atoms with Crippen LogP contribution < -0.4 is 10.6 Å². The van der Waals surface area contributed by atoms with Crippen molar-refractivity contribution in [3.05, 3.63) is 65.7 Å². The third-order valence-electron chi connectivity index (χ3n) is 3.51. The van der Waals surface area contributed by atoms with Gasteiger partial charge in [-0.15, -0.1) is 0 Å². The summed E-state index contributed by atoms with van der Waals surface area (Å²) in [7, 11) is 0. The van der Waals surface area contributed by atoms with Gasteiger partial charge in [-0.3, -0.25) is 9.79 Å². The average molecular weight is 291 g/mol. The zero-order chi connectivity index (χ0) is 15.4. The third-order valence-corrected chi connectivity index (χ3v) is 3.51. The van der Waals surface area contributed by atoms with Gasteiger partial charge in [0.2, 0.25) is 0 Å². The van der Waals surface area contributed by atoms with Gasteiger partial charge in [0.05, 0.1) is 12.2 Å². The molecule has 0 unspecified atom stereocenters. The average Bonchev–Trinajstić information content (AvgIpc) is 2.75. The molecule has 0 aliphatic carbocycles. The SMILES string of the molecule is Nc1ccc2c(c1)C=NCCN2C(=O)/C=C/c1ccccc1. The molecule has 22 heavy (non-hydrogen) atoms. The van der Waals surface area contributed by atoms with E-state index in [2.05, 4.69) is 4.99 Å². The fourth-order valence-electron chi connectivity index (χ4n) is 2.41. The van der Waals surface area contributed by atoms with Gasteiger partial charge in [-0.2, -0.15) is 0 Å². The van der Waals surface area contributed by atoms with Crippen LogP contribution in [0.3, 0.4) is 0 Å². The standard InChI is InChI=1S/C18H17N3O/c19-16-7-8-17-15(12-16)13-20-10-11-21(17)18(22)9-6-14-4-2-1-3-5-14/h1-9,12-13H,10-11,19H2/b9-6+. The van der Waals surface area contributed by atoms with Crippen LogP contribution in [0, 0.1) is 0 Å². The van der Waals surface area contributed by atoms with Crippen LogP contribution >= 0.6 is 0 Å². The first-order chi connectivity index (χ1) is 10.7. The summed E-state index contributed by atoms with van der Waals surface area (Å²) in [5.74, 6) is -0.0552. The molecule has 2 aromatic rings. The number of aliphatic imine (C=N–C) groups is 1. The summed E-state index contributed by atoms with van der Waals surface area (Å²) in [6.45, 7) is 1.14. The Morgan fingerprint density at radius 3 is 2.82 bits per heavy atom. The number of carbonyl (C=O) groups excluding carboxylic acids is 1. The van der Waals surface area contributed by atoms with Gasteiger partial charge in [0, 0.05) is 30.1 Å². The van der Waals surface area contributed by atoms with Crippen molar-refractivity contribution in [2.75, 3.05) is 23.7 Å². The van der Waals surface area contributed by atoms with Crippen molar-refractivity contribution in [3.8, 4) is 0 Å². The molecule has 0 atom stereocenters. The fraction of sp³-hybridized carbons (Fsp3) is 0.111. The van der Waals surface area contributed by atoms with Crippen molar-refractivity contribution in [1.82, 2.24) is 0 Å². The first kappa shape index (κ1) is 14.1. The fourth-order valence-corrected chi connectivity index (χ4v) is 2.41. The second-order valence-corrected chi connectivity index (χ2v) is 5.09. The number of benzodiazepines with no additional fused rings is 1. The molecule has 4 nitrogen and oxygen atoms in total. The summed E-state index contributed by atoms with van der Waals surface area (Å²) in [6, 6.07) is 15.3. The van der Waals surface area contributed by atoms with Crippen LogP contribution in [0.15, 0.2) is 59.6 Å². The lowest BCUT2D eigenvalue weighted by atomic mass is 10.1. The number of benzene rings is 2. The Morgan fingerprint density at radius 2 is 2.00 bits per heavy atom. The van der Waals surface area contributed by atoms with Crippen LogP contribution in [-0.4, -0.2) is 25.2 Å². The first-order valence-electron chi connectivity index (χ1n) is 7.18. The van der Waals surface area contributed by atoms with Gasteiger partial charge in [0.1, 0.15) is 0 Å². The highest BCUT2D eigenvalue weighted by Crippen LogP contribution is 2.24. The van der Waals surface area contributed by atoms with Gasteiger partial charge in [0.25, 0.3) is 5.91 Å². The molecule has 110 valence electrons. The lowest BCUT2D eigenvalue weighted by Gasteiger charge is -2.21. The monoisotopic (exact) mass is 291 g/mol. The number of rotatable bonds is 2. The number of anilines is 2. The number of hydrogen-bond acceptors (Lipinski definition) is 3.